The number of methoxy groups -OCH3 is 1. The Bertz CT molecular complexity index is 837. The number of ether oxygens (including phenoxy) is 1. The Hall–Kier alpha value is -1.68. The first-order chi connectivity index (χ1) is 14.6. The van der Waals surface area contributed by atoms with Crippen LogP contribution in [0.2, 0.25) is 5.02 Å². The van der Waals surface area contributed by atoms with Gasteiger partial charge in [-0.1, -0.05) is 25.4 Å². The van der Waals surface area contributed by atoms with Crippen LogP contribution in [0.5, 0.6) is 0 Å². The molecule has 1 aromatic rings. The van der Waals surface area contributed by atoms with Crippen molar-refractivity contribution in [1.82, 2.24) is 14.9 Å². The highest BCUT2D eigenvalue weighted by Crippen LogP contribution is 2.27. The van der Waals surface area contributed by atoms with E-state index in [1.54, 1.807) is 19.2 Å². The third-order valence-electron chi connectivity index (χ3n) is 5.22. The molecule has 2 amide bonds. The van der Waals surface area contributed by atoms with Crippen LogP contribution in [0.3, 0.4) is 0 Å². The van der Waals surface area contributed by atoms with E-state index in [9.17, 15) is 18.0 Å². The quantitative estimate of drug-likeness (QED) is 0.506. The van der Waals surface area contributed by atoms with Crippen LogP contribution in [-0.4, -0.2) is 63.9 Å². The van der Waals surface area contributed by atoms with Gasteiger partial charge < -0.3 is 15.4 Å². The number of hydrogen-bond acceptors (Lipinski definition) is 5. The molecule has 0 saturated carbocycles. The van der Waals surface area contributed by atoms with Gasteiger partial charge in [-0.15, -0.1) is 0 Å². The van der Waals surface area contributed by atoms with E-state index in [1.165, 1.54) is 16.4 Å². The smallest absolute Gasteiger partial charge is 0.243 e. The first-order valence-electron chi connectivity index (χ1n) is 10.5. The molecule has 1 fully saturated rings. The van der Waals surface area contributed by atoms with E-state index >= 15 is 0 Å². The maximum atomic E-state index is 12.9. The summed E-state index contributed by atoms with van der Waals surface area (Å²) in [6.45, 7) is 5.14. The van der Waals surface area contributed by atoms with E-state index in [0.29, 0.717) is 37.4 Å². The summed E-state index contributed by atoms with van der Waals surface area (Å²) in [5, 5.41) is 6.12. The minimum Gasteiger partial charge on any atom is -0.383 e. The minimum atomic E-state index is -3.63. The first kappa shape index (κ1) is 25.6. The fourth-order valence-electron chi connectivity index (χ4n) is 3.59. The molecule has 0 aromatic heterocycles. The number of rotatable bonds is 10. The van der Waals surface area contributed by atoms with Gasteiger partial charge in [0.1, 0.15) is 6.04 Å². The number of amides is 2. The van der Waals surface area contributed by atoms with Gasteiger partial charge >= 0.3 is 0 Å². The average molecular weight is 474 g/mol. The van der Waals surface area contributed by atoms with Crippen LogP contribution in [0.1, 0.15) is 33.1 Å². The molecule has 0 aliphatic carbocycles. The molecule has 1 aromatic carbocycles. The van der Waals surface area contributed by atoms with E-state index in [2.05, 4.69) is 10.6 Å². The Morgan fingerprint density at radius 3 is 2.35 bits per heavy atom. The summed E-state index contributed by atoms with van der Waals surface area (Å²) in [7, 11) is -2.09. The number of hydrogen-bond donors (Lipinski definition) is 2. The van der Waals surface area contributed by atoms with Crippen LogP contribution in [0.15, 0.2) is 29.2 Å². The highest BCUT2D eigenvalue weighted by atomic mass is 35.5. The standard InChI is InChI=1S/C21H32ClN3O5S/c1-15(2)14-19(26)24-20(21(27)23-10-13-30-3)16-8-11-25(12-9-16)31(28,29)18-6-4-17(22)5-7-18/h4-7,15-16,20H,8-14H2,1-3H3,(H,23,27)(H,24,26). The van der Waals surface area contributed by atoms with E-state index in [-0.39, 0.29) is 41.6 Å². The average Bonchev–Trinajstić information content (AvgIpc) is 2.72. The summed E-state index contributed by atoms with van der Waals surface area (Å²) >= 11 is 5.86. The van der Waals surface area contributed by atoms with Crippen molar-refractivity contribution in [2.75, 3.05) is 33.4 Å². The number of piperidine rings is 1. The van der Waals surface area contributed by atoms with E-state index in [1.807, 2.05) is 13.8 Å². The lowest BCUT2D eigenvalue weighted by atomic mass is 9.89. The van der Waals surface area contributed by atoms with Gasteiger partial charge in [0.2, 0.25) is 21.8 Å². The second-order valence-corrected chi connectivity index (χ2v) is 10.5. The van der Waals surface area contributed by atoms with E-state index in [0.717, 1.165) is 0 Å². The molecule has 1 aliphatic heterocycles. The lowest BCUT2D eigenvalue weighted by Gasteiger charge is -2.35. The summed E-state index contributed by atoms with van der Waals surface area (Å²) in [6, 6.07) is 5.37. The van der Waals surface area contributed by atoms with Gasteiger partial charge in [0.25, 0.3) is 0 Å². The summed E-state index contributed by atoms with van der Waals surface area (Å²) in [5.74, 6) is -0.440. The number of benzene rings is 1. The predicted molar refractivity (Wildman–Crippen MR) is 119 cm³/mol. The van der Waals surface area contributed by atoms with Crippen LogP contribution < -0.4 is 10.6 Å². The second-order valence-electron chi connectivity index (χ2n) is 8.12. The summed E-state index contributed by atoms with van der Waals surface area (Å²) in [4.78, 5) is 25.3. The van der Waals surface area contributed by atoms with Crippen molar-refractivity contribution in [3.63, 3.8) is 0 Å². The molecule has 174 valence electrons. The number of nitrogens with one attached hydrogen (secondary N) is 2. The van der Waals surface area contributed by atoms with Crippen molar-refractivity contribution >= 4 is 33.4 Å². The predicted octanol–water partition coefficient (Wildman–Crippen LogP) is 2.03. The Labute approximate surface area is 189 Å². The number of carbonyl (C=O) groups excluding carboxylic acids is 2. The normalized spacial score (nSPS) is 16.8. The molecule has 1 aliphatic rings. The van der Waals surface area contributed by atoms with Crippen LogP contribution in [0, 0.1) is 11.8 Å². The molecular formula is C21H32ClN3O5S. The highest BCUT2D eigenvalue weighted by molar-refractivity contribution is 7.89. The molecule has 2 N–H and O–H groups in total. The van der Waals surface area contributed by atoms with Crippen molar-refractivity contribution in [3.8, 4) is 0 Å². The number of carbonyl (C=O) groups is 2. The zero-order chi connectivity index (χ0) is 23.0. The highest BCUT2D eigenvalue weighted by Gasteiger charge is 2.36. The molecule has 2 rings (SSSR count). The van der Waals surface area contributed by atoms with E-state index in [4.69, 9.17) is 16.3 Å². The maximum absolute atomic E-state index is 12.9. The molecule has 1 saturated heterocycles. The topological polar surface area (TPSA) is 105 Å². The lowest BCUT2D eigenvalue weighted by Crippen LogP contribution is -2.54. The SMILES string of the molecule is COCCNC(=O)C(NC(=O)CC(C)C)C1CCN(S(=O)(=O)c2ccc(Cl)cc2)CC1. The summed E-state index contributed by atoms with van der Waals surface area (Å²) in [5.41, 5.74) is 0. The Kier molecular flexibility index (Phi) is 9.74. The summed E-state index contributed by atoms with van der Waals surface area (Å²) in [6.07, 6.45) is 1.26. The fraction of sp³-hybridized carbons (Fsp3) is 0.619. The number of nitrogens with zero attached hydrogens (tertiary/aromatic N) is 1. The monoisotopic (exact) mass is 473 g/mol. The fourth-order valence-corrected chi connectivity index (χ4v) is 5.19. The van der Waals surface area contributed by atoms with Crippen molar-refractivity contribution in [2.45, 2.75) is 44.0 Å². The lowest BCUT2D eigenvalue weighted by molar-refractivity contribution is -0.131. The molecular weight excluding hydrogens is 442 g/mol. The third-order valence-corrected chi connectivity index (χ3v) is 7.38. The van der Waals surface area contributed by atoms with Crippen molar-refractivity contribution < 1.29 is 22.7 Å². The van der Waals surface area contributed by atoms with Crippen molar-refractivity contribution in [1.29, 1.82) is 0 Å². The second kappa shape index (κ2) is 11.8. The Morgan fingerprint density at radius 1 is 1.19 bits per heavy atom. The van der Waals surface area contributed by atoms with Crippen LogP contribution in [0.25, 0.3) is 0 Å². The van der Waals surface area contributed by atoms with Crippen LogP contribution in [0.4, 0.5) is 0 Å². The van der Waals surface area contributed by atoms with E-state index < -0.39 is 16.1 Å². The van der Waals surface area contributed by atoms with Gasteiger partial charge in [0, 0.05) is 38.2 Å². The maximum Gasteiger partial charge on any atom is 0.243 e. The molecule has 0 spiro atoms. The van der Waals surface area contributed by atoms with Crippen molar-refractivity contribution in [3.05, 3.63) is 29.3 Å². The molecule has 1 unspecified atom stereocenters. The Balaban J connectivity index is 2.06. The van der Waals surface area contributed by atoms with Gasteiger partial charge in [-0.3, -0.25) is 9.59 Å². The third kappa shape index (κ3) is 7.45. The van der Waals surface area contributed by atoms with Gasteiger partial charge in [-0.05, 0) is 48.9 Å². The Morgan fingerprint density at radius 2 is 1.81 bits per heavy atom. The zero-order valence-corrected chi connectivity index (χ0v) is 19.8. The molecule has 10 heteroatoms. The van der Waals surface area contributed by atoms with Gasteiger partial charge in [0.15, 0.2) is 0 Å². The van der Waals surface area contributed by atoms with Gasteiger partial charge in [0.05, 0.1) is 11.5 Å². The molecule has 0 bridgehead atoms. The van der Waals surface area contributed by atoms with Crippen LogP contribution in [-0.2, 0) is 24.3 Å². The van der Waals surface area contributed by atoms with Gasteiger partial charge in [-0.2, -0.15) is 4.31 Å². The summed E-state index contributed by atoms with van der Waals surface area (Å²) < 4.78 is 32.2. The molecule has 1 heterocycles. The first-order valence-corrected chi connectivity index (χ1v) is 12.3. The largest absolute Gasteiger partial charge is 0.383 e. The zero-order valence-electron chi connectivity index (χ0n) is 18.3. The van der Waals surface area contributed by atoms with Gasteiger partial charge in [-0.25, -0.2) is 8.42 Å². The molecule has 1 atom stereocenters. The number of halogens is 1. The molecule has 31 heavy (non-hydrogen) atoms. The number of sulfonamides is 1. The molecule has 0 radical (unpaired) electrons. The van der Waals surface area contributed by atoms with Crippen molar-refractivity contribution in [2.24, 2.45) is 11.8 Å². The molecule has 8 nitrogen and oxygen atoms in total. The minimum absolute atomic E-state index is 0.157. The van der Waals surface area contributed by atoms with Crippen LogP contribution >= 0.6 is 11.6 Å².